The van der Waals surface area contributed by atoms with E-state index in [0.717, 1.165) is 6.07 Å². The van der Waals surface area contributed by atoms with Gasteiger partial charge in [0.25, 0.3) is 26.1 Å². The van der Waals surface area contributed by atoms with Gasteiger partial charge >= 0.3 is 0 Å². The number of anilines is 1. The average Bonchev–Trinajstić information content (AvgIpc) is 2.99. The van der Waals surface area contributed by atoms with Gasteiger partial charge in [0.05, 0.1) is 22.0 Å². The van der Waals surface area contributed by atoms with Crippen molar-refractivity contribution in [3.63, 3.8) is 0 Å². The number of phenolic OH excluding ortho intramolecular Hbond substituents is 1. The molecule has 44 heavy (non-hydrogen) atoms. The third kappa shape index (κ3) is 6.99. The quantitative estimate of drug-likeness (QED) is 0.102. The molecule has 4 N–H and O–H groups in total. The molecule has 0 spiro atoms. The van der Waals surface area contributed by atoms with E-state index in [1.807, 2.05) is 0 Å². The maximum atomic E-state index is 12.5. The first kappa shape index (κ1) is 30.1. The molecule has 0 aromatic heterocycles. The van der Waals surface area contributed by atoms with Crippen LogP contribution in [0.5, 0.6) is 5.75 Å². The van der Waals surface area contributed by atoms with Gasteiger partial charge in [-0.3, -0.25) is 13.9 Å². The zero-order valence-electron chi connectivity index (χ0n) is 22.3. The van der Waals surface area contributed by atoms with E-state index in [2.05, 4.69) is 25.8 Å². The second kappa shape index (κ2) is 12.1. The lowest BCUT2D eigenvalue weighted by molar-refractivity contribution is 0.102. The Morgan fingerprint density at radius 1 is 0.636 bits per heavy atom. The highest BCUT2D eigenvalue weighted by Crippen LogP contribution is 2.42. The fourth-order valence-electron chi connectivity index (χ4n) is 4.01. The van der Waals surface area contributed by atoms with Crippen LogP contribution in [0.4, 0.5) is 28.4 Å². The number of amides is 1. The van der Waals surface area contributed by atoms with Crippen molar-refractivity contribution in [1.29, 1.82) is 0 Å². The summed E-state index contributed by atoms with van der Waals surface area (Å²) < 4.78 is 65.7. The highest BCUT2D eigenvalue weighted by atomic mass is 32.2. The zero-order chi connectivity index (χ0) is 31.5. The van der Waals surface area contributed by atoms with Crippen LogP contribution in [0.15, 0.2) is 133 Å². The van der Waals surface area contributed by atoms with Crippen molar-refractivity contribution >= 4 is 65.4 Å². The number of phenols is 1. The fourth-order valence-corrected chi connectivity index (χ4v) is 5.15. The number of azo groups is 2. The molecule has 5 aromatic rings. The topological polar surface area (TPSA) is 208 Å². The molecule has 1 amide bonds. The molecule has 0 bridgehead atoms. The van der Waals surface area contributed by atoms with Gasteiger partial charge in [0, 0.05) is 16.6 Å². The largest absolute Gasteiger partial charge is 0.505 e. The lowest BCUT2D eigenvalue weighted by Crippen LogP contribution is -2.11. The van der Waals surface area contributed by atoms with Gasteiger partial charge in [-0.15, -0.1) is 5.11 Å². The Balaban J connectivity index is 1.39. The van der Waals surface area contributed by atoms with Crippen LogP contribution >= 0.6 is 0 Å². The second-order valence-electron chi connectivity index (χ2n) is 9.19. The summed E-state index contributed by atoms with van der Waals surface area (Å²) in [6.45, 7) is 0. The standard InChI is InChI=1S/C29H21N5O8S2/c35-28-25-15-12-23(30-29(36)18-4-2-1-3-5-18)16-19(25)17-26(44(40,41)42)27(28)34-33-21-8-6-20(7-9-21)31-32-22-10-13-24(14-11-22)43(37,38)39/h1-17,35H,(H,30,36)(H,37,38,39)(H,40,41,42)/b32-31+,34-33+. The maximum Gasteiger partial charge on any atom is 0.296 e. The smallest absolute Gasteiger partial charge is 0.296 e. The number of fused-ring (bicyclic) bond motifs is 1. The molecule has 0 heterocycles. The summed E-state index contributed by atoms with van der Waals surface area (Å²) in [4.78, 5) is 11.5. The molecular weight excluding hydrogens is 610 g/mol. The van der Waals surface area contributed by atoms with Gasteiger partial charge in [-0.05, 0) is 90.3 Å². The van der Waals surface area contributed by atoms with E-state index in [1.165, 1.54) is 66.7 Å². The minimum atomic E-state index is -4.86. The van der Waals surface area contributed by atoms with Crippen LogP contribution in [-0.2, 0) is 20.2 Å². The lowest BCUT2D eigenvalue weighted by atomic mass is 10.1. The molecule has 13 nitrogen and oxygen atoms in total. The third-order valence-corrected chi connectivity index (χ3v) is 7.89. The normalized spacial score (nSPS) is 12.2. The Morgan fingerprint density at radius 3 is 1.73 bits per heavy atom. The highest BCUT2D eigenvalue weighted by Gasteiger charge is 2.22. The van der Waals surface area contributed by atoms with Gasteiger partial charge in [0.1, 0.15) is 10.6 Å². The van der Waals surface area contributed by atoms with E-state index in [1.54, 1.807) is 30.3 Å². The van der Waals surface area contributed by atoms with Gasteiger partial charge in [0.15, 0.2) is 5.75 Å². The Bertz CT molecular complexity index is 2150. The zero-order valence-corrected chi connectivity index (χ0v) is 23.9. The first-order valence-corrected chi connectivity index (χ1v) is 15.4. The Hall–Kier alpha value is -5.35. The van der Waals surface area contributed by atoms with E-state index in [0.29, 0.717) is 22.6 Å². The first-order valence-electron chi connectivity index (χ1n) is 12.5. The number of benzene rings is 5. The molecule has 0 radical (unpaired) electrons. The second-order valence-corrected chi connectivity index (χ2v) is 12.0. The number of hydrogen-bond acceptors (Lipinski definition) is 10. The van der Waals surface area contributed by atoms with Crippen molar-refractivity contribution < 1.29 is 35.8 Å². The number of nitrogens with zero attached hydrogens (tertiary/aromatic N) is 4. The highest BCUT2D eigenvalue weighted by molar-refractivity contribution is 7.86. The van der Waals surface area contributed by atoms with Crippen LogP contribution in [0.3, 0.4) is 0 Å². The van der Waals surface area contributed by atoms with Crippen LogP contribution in [0.1, 0.15) is 10.4 Å². The van der Waals surface area contributed by atoms with Crippen molar-refractivity contribution in [2.24, 2.45) is 20.5 Å². The first-order chi connectivity index (χ1) is 20.9. The third-order valence-electron chi connectivity index (χ3n) is 6.15. The van der Waals surface area contributed by atoms with Crippen molar-refractivity contribution in [2.75, 3.05) is 5.32 Å². The number of carbonyl (C=O) groups is 1. The van der Waals surface area contributed by atoms with E-state index in [-0.39, 0.29) is 21.4 Å². The molecule has 0 aliphatic rings. The monoisotopic (exact) mass is 631 g/mol. The predicted molar refractivity (Wildman–Crippen MR) is 161 cm³/mol. The average molecular weight is 632 g/mol. The van der Waals surface area contributed by atoms with Gasteiger partial charge in [0.2, 0.25) is 0 Å². The molecule has 222 valence electrons. The molecule has 0 unspecified atom stereocenters. The summed E-state index contributed by atoms with van der Waals surface area (Å²) in [7, 11) is -9.18. The minimum absolute atomic E-state index is 0.199. The number of nitrogens with one attached hydrogen (secondary N) is 1. The number of aromatic hydroxyl groups is 1. The summed E-state index contributed by atoms with van der Waals surface area (Å²) in [5.74, 6) is -0.943. The van der Waals surface area contributed by atoms with Crippen LogP contribution in [0.25, 0.3) is 10.8 Å². The molecular formula is C29H21N5O8S2. The molecule has 0 aliphatic carbocycles. The molecule has 0 atom stereocenters. The van der Waals surface area contributed by atoms with Gasteiger partial charge < -0.3 is 10.4 Å². The lowest BCUT2D eigenvalue weighted by Gasteiger charge is -2.11. The summed E-state index contributed by atoms with van der Waals surface area (Å²) in [6, 6.07) is 25.1. The Labute approximate surface area is 250 Å². The Kier molecular flexibility index (Phi) is 8.28. The van der Waals surface area contributed by atoms with Gasteiger partial charge in [-0.25, -0.2) is 0 Å². The predicted octanol–water partition coefficient (Wildman–Crippen LogP) is 7.12. The number of hydrogen-bond donors (Lipinski definition) is 4. The van der Waals surface area contributed by atoms with E-state index < -0.39 is 42.5 Å². The van der Waals surface area contributed by atoms with Crippen molar-refractivity contribution in [3.8, 4) is 5.75 Å². The van der Waals surface area contributed by atoms with Crippen molar-refractivity contribution in [3.05, 3.63) is 109 Å². The van der Waals surface area contributed by atoms with Crippen LogP contribution < -0.4 is 5.32 Å². The van der Waals surface area contributed by atoms with E-state index >= 15 is 0 Å². The maximum absolute atomic E-state index is 12.5. The van der Waals surface area contributed by atoms with Crippen molar-refractivity contribution in [1.82, 2.24) is 0 Å². The van der Waals surface area contributed by atoms with Crippen molar-refractivity contribution in [2.45, 2.75) is 9.79 Å². The summed E-state index contributed by atoms with van der Waals surface area (Å²) >= 11 is 0. The fraction of sp³-hybridized carbons (Fsp3) is 0. The molecule has 0 aliphatic heterocycles. The molecule has 0 saturated carbocycles. The van der Waals surface area contributed by atoms with E-state index in [4.69, 9.17) is 4.55 Å². The van der Waals surface area contributed by atoms with Crippen LogP contribution in [-0.4, -0.2) is 37.0 Å². The van der Waals surface area contributed by atoms with E-state index in [9.17, 15) is 31.3 Å². The molecule has 5 rings (SSSR count). The molecule has 0 fully saturated rings. The van der Waals surface area contributed by atoms with Gasteiger partial charge in [-0.1, -0.05) is 18.2 Å². The summed E-state index contributed by atoms with van der Waals surface area (Å²) in [5.41, 5.74) is 1.23. The summed E-state index contributed by atoms with van der Waals surface area (Å²) in [6.07, 6.45) is 0. The van der Waals surface area contributed by atoms with Crippen LogP contribution in [0.2, 0.25) is 0 Å². The molecule has 0 saturated heterocycles. The van der Waals surface area contributed by atoms with Crippen LogP contribution in [0, 0.1) is 0 Å². The minimum Gasteiger partial charge on any atom is -0.505 e. The number of carbonyl (C=O) groups excluding carboxylic acids is 1. The summed E-state index contributed by atoms with van der Waals surface area (Å²) in [5, 5.41) is 29.9. The molecule has 15 heteroatoms. The number of rotatable bonds is 8. The SMILES string of the molecule is O=C(Nc1ccc2c(O)c(/N=N/c3ccc(/N=N/c4ccc(S(=O)(=O)O)cc4)cc3)c(S(=O)(=O)O)cc2c1)c1ccccc1. The molecule has 5 aromatic carbocycles. The van der Waals surface area contributed by atoms with Gasteiger partial charge in [-0.2, -0.15) is 32.2 Å². The Morgan fingerprint density at radius 2 is 1.18 bits per heavy atom.